The van der Waals surface area contributed by atoms with Crippen LogP contribution in [0.15, 0.2) is 0 Å². The summed E-state index contributed by atoms with van der Waals surface area (Å²) >= 11 is 2.17. The molecule has 1 aliphatic heterocycles. The van der Waals surface area contributed by atoms with Gasteiger partial charge in [-0.25, -0.2) is 0 Å². The topological polar surface area (TPSA) is 15.3 Å². The standard InChI is InChI=1S/C13H28N2S/c1-4-15(5-2)10-11-16-12(3)13-6-8-14-9-7-13/h12-14H,4-11H2,1-3H3. The van der Waals surface area contributed by atoms with E-state index in [4.69, 9.17) is 0 Å². The first-order valence-corrected chi connectivity index (χ1v) is 7.87. The molecule has 1 unspecified atom stereocenters. The van der Waals surface area contributed by atoms with Crippen molar-refractivity contribution in [3.63, 3.8) is 0 Å². The number of thioether (sulfide) groups is 1. The second-order valence-electron chi connectivity index (χ2n) is 4.69. The lowest BCUT2D eigenvalue weighted by molar-refractivity contribution is 0.323. The van der Waals surface area contributed by atoms with Crippen LogP contribution in [0.2, 0.25) is 0 Å². The summed E-state index contributed by atoms with van der Waals surface area (Å²) in [5, 5.41) is 4.29. The van der Waals surface area contributed by atoms with Crippen molar-refractivity contribution in [3.8, 4) is 0 Å². The fourth-order valence-corrected chi connectivity index (χ4v) is 3.64. The van der Waals surface area contributed by atoms with Crippen molar-refractivity contribution < 1.29 is 0 Å². The minimum Gasteiger partial charge on any atom is -0.317 e. The van der Waals surface area contributed by atoms with Gasteiger partial charge >= 0.3 is 0 Å². The first kappa shape index (κ1) is 14.3. The minimum absolute atomic E-state index is 0.845. The average Bonchev–Trinajstić information content (AvgIpc) is 2.35. The second-order valence-corrected chi connectivity index (χ2v) is 6.18. The van der Waals surface area contributed by atoms with Crippen LogP contribution in [-0.2, 0) is 0 Å². The van der Waals surface area contributed by atoms with Crippen LogP contribution in [-0.4, -0.2) is 48.6 Å². The molecule has 96 valence electrons. The van der Waals surface area contributed by atoms with Crippen molar-refractivity contribution in [2.24, 2.45) is 5.92 Å². The molecule has 0 aliphatic carbocycles. The molecular formula is C13H28N2S. The van der Waals surface area contributed by atoms with Gasteiger partial charge in [0.25, 0.3) is 0 Å². The molecule has 1 rings (SSSR count). The van der Waals surface area contributed by atoms with Gasteiger partial charge in [0.05, 0.1) is 0 Å². The van der Waals surface area contributed by atoms with Gasteiger partial charge in [-0.05, 0) is 44.9 Å². The van der Waals surface area contributed by atoms with Crippen molar-refractivity contribution in [1.29, 1.82) is 0 Å². The van der Waals surface area contributed by atoms with E-state index in [2.05, 4.69) is 42.7 Å². The maximum atomic E-state index is 3.44. The Labute approximate surface area is 106 Å². The van der Waals surface area contributed by atoms with Crippen molar-refractivity contribution >= 4 is 11.8 Å². The highest BCUT2D eigenvalue weighted by molar-refractivity contribution is 7.99. The van der Waals surface area contributed by atoms with Gasteiger partial charge in [0.2, 0.25) is 0 Å². The zero-order chi connectivity index (χ0) is 11.8. The van der Waals surface area contributed by atoms with Crippen molar-refractivity contribution in [3.05, 3.63) is 0 Å². The van der Waals surface area contributed by atoms with Gasteiger partial charge in [-0.1, -0.05) is 20.8 Å². The van der Waals surface area contributed by atoms with E-state index in [9.17, 15) is 0 Å². The number of hydrogen-bond donors (Lipinski definition) is 1. The van der Waals surface area contributed by atoms with Crippen LogP contribution >= 0.6 is 11.8 Å². The highest BCUT2D eigenvalue weighted by Crippen LogP contribution is 2.26. The lowest BCUT2D eigenvalue weighted by Gasteiger charge is -2.28. The van der Waals surface area contributed by atoms with Crippen LogP contribution in [0.3, 0.4) is 0 Å². The normalized spacial score (nSPS) is 20.2. The first-order valence-electron chi connectivity index (χ1n) is 6.82. The third-order valence-corrected chi connectivity index (χ3v) is 5.06. The molecule has 0 aromatic rings. The molecule has 0 radical (unpaired) electrons. The molecule has 1 saturated heterocycles. The smallest absolute Gasteiger partial charge is 0.00722 e. The van der Waals surface area contributed by atoms with Gasteiger partial charge in [0, 0.05) is 17.5 Å². The number of piperidine rings is 1. The summed E-state index contributed by atoms with van der Waals surface area (Å²) in [6, 6.07) is 0. The molecular weight excluding hydrogens is 216 g/mol. The van der Waals surface area contributed by atoms with E-state index in [-0.39, 0.29) is 0 Å². The van der Waals surface area contributed by atoms with E-state index in [1.54, 1.807) is 0 Å². The summed E-state index contributed by atoms with van der Waals surface area (Å²) in [6.07, 6.45) is 2.75. The predicted molar refractivity (Wildman–Crippen MR) is 75.3 cm³/mol. The lowest BCUT2D eigenvalue weighted by atomic mass is 9.95. The molecule has 1 aliphatic rings. The third kappa shape index (κ3) is 5.07. The summed E-state index contributed by atoms with van der Waals surface area (Å²) in [5.74, 6) is 2.25. The maximum absolute atomic E-state index is 3.44. The summed E-state index contributed by atoms with van der Waals surface area (Å²) in [5.41, 5.74) is 0. The molecule has 0 aromatic heterocycles. The highest BCUT2D eigenvalue weighted by atomic mass is 32.2. The Kier molecular flexibility index (Phi) is 7.50. The van der Waals surface area contributed by atoms with E-state index in [1.165, 1.54) is 51.3 Å². The van der Waals surface area contributed by atoms with Gasteiger partial charge in [-0.3, -0.25) is 0 Å². The minimum atomic E-state index is 0.845. The second kappa shape index (κ2) is 8.37. The fourth-order valence-electron chi connectivity index (χ4n) is 2.36. The van der Waals surface area contributed by atoms with Crippen LogP contribution in [0.1, 0.15) is 33.6 Å². The Morgan fingerprint density at radius 3 is 2.44 bits per heavy atom. The molecule has 0 saturated carbocycles. The molecule has 1 N–H and O–H groups in total. The molecule has 0 amide bonds. The molecule has 1 atom stereocenters. The molecule has 16 heavy (non-hydrogen) atoms. The van der Waals surface area contributed by atoms with E-state index in [1.807, 2.05) is 0 Å². The quantitative estimate of drug-likeness (QED) is 0.740. The van der Waals surface area contributed by atoms with Crippen molar-refractivity contribution in [2.75, 3.05) is 38.5 Å². The number of nitrogens with zero attached hydrogens (tertiary/aromatic N) is 1. The number of nitrogens with one attached hydrogen (secondary N) is 1. The van der Waals surface area contributed by atoms with Crippen LogP contribution in [0.5, 0.6) is 0 Å². The molecule has 2 nitrogen and oxygen atoms in total. The Bertz CT molecular complexity index is 165. The zero-order valence-electron chi connectivity index (χ0n) is 11.2. The van der Waals surface area contributed by atoms with Gasteiger partial charge in [0.1, 0.15) is 0 Å². The third-order valence-electron chi connectivity index (χ3n) is 3.73. The molecule has 0 aromatic carbocycles. The molecule has 0 spiro atoms. The zero-order valence-corrected chi connectivity index (χ0v) is 12.0. The van der Waals surface area contributed by atoms with Crippen LogP contribution < -0.4 is 5.32 Å². The highest BCUT2D eigenvalue weighted by Gasteiger charge is 2.19. The molecule has 1 fully saturated rings. The van der Waals surface area contributed by atoms with Gasteiger partial charge in [-0.15, -0.1) is 0 Å². The monoisotopic (exact) mass is 244 g/mol. The van der Waals surface area contributed by atoms with Gasteiger partial charge in [-0.2, -0.15) is 11.8 Å². The summed E-state index contributed by atoms with van der Waals surface area (Å²) < 4.78 is 0. The summed E-state index contributed by atoms with van der Waals surface area (Å²) in [7, 11) is 0. The SMILES string of the molecule is CCN(CC)CCSC(C)C1CCNCC1. The Morgan fingerprint density at radius 1 is 1.25 bits per heavy atom. The van der Waals surface area contributed by atoms with Crippen LogP contribution in [0.25, 0.3) is 0 Å². The van der Waals surface area contributed by atoms with Crippen LogP contribution in [0, 0.1) is 5.92 Å². The summed E-state index contributed by atoms with van der Waals surface area (Å²) in [6.45, 7) is 13.0. The first-order chi connectivity index (χ1) is 7.77. The molecule has 0 bridgehead atoms. The lowest BCUT2D eigenvalue weighted by Crippen LogP contribution is -2.32. The Balaban J connectivity index is 2.11. The van der Waals surface area contributed by atoms with Crippen molar-refractivity contribution in [1.82, 2.24) is 10.2 Å². The fraction of sp³-hybridized carbons (Fsp3) is 1.00. The molecule has 3 heteroatoms. The number of hydrogen-bond acceptors (Lipinski definition) is 3. The van der Waals surface area contributed by atoms with E-state index >= 15 is 0 Å². The van der Waals surface area contributed by atoms with Gasteiger partial charge in [0.15, 0.2) is 0 Å². The number of rotatable bonds is 7. The van der Waals surface area contributed by atoms with E-state index in [0.717, 1.165) is 11.2 Å². The largest absolute Gasteiger partial charge is 0.317 e. The summed E-state index contributed by atoms with van der Waals surface area (Å²) in [4.78, 5) is 2.52. The van der Waals surface area contributed by atoms with E-state index in [0.29, 0.717) is 0 Å². The van der Waals surface area contributed by atoms with E-state index < -0.39 is 0 Å². The Morgan fingerprint density at radius 2 is 1.88 bits per heavy atom. The van der Waals surface area contributed by atoms with Crippen molar-refractivity contribution in [2.45, 2.75) is 38.9 Å². The van der Waals surface area contributed by atoms with Gasteiger partial charge < -0.3 is 10.2 Å². The van der Waals surface area contributed by atoms with Crippen LogP contribution in [0.4, 0.5) is 0 Å². The maximum Gasteiger partial charge on any atom is 0.00722 e. The Hall–Kier alpha value is 0.270. The predicted octanol–water partition coefficient (Wildman–Crippen LogP) is 2.45. The average molecular weight is 244 g/mol. The molecule has 1 heterocycles.